The molecule has 0 aliphatic carbocycles. The molecule has 0 bridgehead atoms. The van der Waals surface area contributed by atoms with Crippen molar-refractivity contribution in [2.45, 2.75) is 136 Å². The van der Waals surface area contributed by atoms with Crippen LogP contribution in [0.3, 0.4) is 0 Å². The number of hydrogen-bond acceptors (Lipinski definition) is 0. The van der Waals surface area contributed by atoms with Gasteiger partial charge in [0.1, 0.15) is 0 Å². The Morgan fingerprint density at radius 2 is 0.742 bits per heavy atom. The SMILES string of the molecule is CCCCCCCC[P+](CCCCCCCC)(CCCCCCCC)c1ccccc1. The third kappa shape index (κ3) is 13.7. The summed E-state index contributed by atoms with van der Waals surface area (Å²) in [4.78, 5) is 0. The monoisotopic (exact) mass is 447 g/mol. The summed E-state index contributed by atoms with van der Waals surface area (Å²) in [5.74, 6) is 0. The quantitative estimate of drug-likeness (QED) is 0.122. The first-order valence-corrected chi connectivity index (χ1v) is 16.5. The predicted octanol–water partition coefficient (Wildman–Crippen LogP) is 10.4. The van der Waals surface area contributed by atoms with E-state index < -0.39 is 7.26 Å². The number of hydrogen-bond donors (Lipinski definition) is 0. The van der Waals surface area contributed by atoms with Gasteiger partial charge in [0.25, 0.3) is 0 Å². The second kappa shape index (κ2) is 20.3. The van der Waals surface area contributed by atoms with Gasteiger partial charge in [-0.3, -0.25) is 0 Å². The lowest BCUT2D eigenvalue weighted by Crippen LogP contribution is -2.21. The first kappa shape index (κ1) is 28.7. The predicted molar refractivity (Wildman–Crippen MR) is 148 cm³/mol. The summed E-state index contributed by atoms with van der Waals surface area (Å²) in [7, 11) is -1.02. The molecule has 1 heteroatoms. The molecule has 0 heterocycles. The standard InChI is InChI=1S/C30H56P/c1-4-7-10-13-16-22-27-31(30-25-20-19-21-26-30,28-23-17-14-11-8-5-2)29-24-18-15-12-9-6-3/h19-21,25-26H,4-18,22-24,27-29H2,1-3H3/q+1. The molecule has 0 unspecified atom stereocenters. The Bertz CT molecular complexity index is 440. The van der Waals surface area contributed by atoms with Gasteiger partial charge >= 0.3 is 0 Å². The van der Waals surface area contributed by atoms with E-state index in [-0.39, 0.29) is 0 Å². The Morgan fingerprint density at radius 1 is 0.419 bits per heavy atom. The van der Waals surface area contributed by atoms with Crippen molar-refractivity contribution in [3.8, 4) is 0 Å². The third-order valence-corrected chi connectivity index (χ3v) is 12.0. The van der Waals surface area contributed by atoms with Crippen LogP contribution in [0, 0.1) is 0 Å². The topological polar surface area (TPSA) is 0 Å². The molecule has 31 heavy (non-hydrogen) atoms. The fourth-order valence-electron chi connectivity index (χ4n) is 5.05. The summed E-state index contributed by atoms with van der Waals surface area (Å²) >= 11 is 0. The van der Waals surface area contributed by atoms with Crippen LogP contribution in [0.5, 0.6) is 0 Å². The van der Waals surface area contributed by atoms with Gasteiger partial charge in [-0.1, -0.05) is 116 Å². The van der Waals surface area contributed by atoms with E-state index in [1.54, 1.807) is 5.30 Å². The Morgan fingerprint density at radius 3 is 1.10 bits per heavy atom. The zero-order chi connectivity index (χ0) is 22.5. The van der Waals surface area contributed by atoms with Crippen molar-refractivity contribution in [1.29, 1.82) is 0 Å². The molecule has 0 amide bonds. The normalized spacial score (nSPS) is 11.8. The highest BCUT2D eigenvalue weighted by atomic mass is 31.2. The summed E-state index contributed by atoms with van der Waals surface area (Å²) < 4.78 is 0. The number of unbranched alkanes of at least 4 members (excludes halogenated alkanes) is 15. The molecule has 0 N–H and O–H groups in total. The number of benzene rings is 1. The highest BCUT2D eigenvalue weighted by Gasteiger charge is 2.38. The molecule has 180 valence electrons. The van der Waals surface area contributed by atoms with Crippen molar-refractivity contribution in [2.75, 3.05) is 18.5 Å². The number of rotatable bonds is 22. The lowest BCUT2D eigenvalue weighted by atomic mass is 10.1. The van der Waals surface area contributed by atoms with Gasteiger partial charge in [0.2, 0.25) is 0 Å². The van der Waals surface area contributed by atoms with Gasteiger partial charge in [0.15, 0.2) is 0 Å². The van der Waals surface area contributed by atoms with Crippen LogP contribution in [0.25, 0.3) is 0 Å². The zero-order valence-corrected chi connectivity index (χ0v) is 22.6. The summed E-state index contributed by atoms with van der Waals surface area (Å²) in [6.45, 7) is 6.98. The Kier molecular flexibility index (Phi) is 18.8. The molecular formula is C30H56P+. The van der Waals surface area contributed by atoms with Gasteiger partial charge in [0.05, 0.1) is 23.8 Å². The smallest absolute Gasteiger partial charge is 0.0654 e. The van der Waals surface area contributed by atoms with Gasteiger partial charge in [0, 0.05) is 7.26 Å². The van der Waals surface area contributed by atoms with Crippen molar-refractivity contribution in [3.63, 3.8) is 0 Å². The van der Waals surface area contributed by atoms with E-state index in [4.69, 9.17) is 0 Å². The van der Waals surface area contributed by atoms with E-state index in [0.717, 1.165) is 0 Å². The van der Waals surface area contributed by atoms with E-state index in [2.05, 4.69) is 51.1 Å². The van der Waals surface area contributed by atoms with E-state index in [1.807, 2.05) is 0 Å². The van der Waals surface area contributed by atoms with Crippen LogP contribution in [0.1, 0.15) is 136 Å². The Labute approximate surface area is 197 Å². The Balaban J connectivity index is 2.71. The van der Waals surface area contributed by atoms with Crippen LogP contribution in [-0.4, -0.2) is 18.5 Å². The second-order valence-electron chi connectivity index (χ2n) is 9.95. The molecule has 0 atom stereocenters. The molecule has 0 radical (unpaired) electrons. The van der Waals surface area contributed by atoms with E-state index in [0.29, 0.717) is 0 Å². The minimum absolute atomic E-state index is 1.02. The molecule has 1 aromatic rings. The Hall–Kier alpha value is -0.350. The molecule has 0 aliphatic heterocycles. The molecule has 0 aliphatic rings. The molecular weight excluding hydrogens is 391 g/mol. The second-order valence-corrected chi connectivity index (χ2v) is 14.1. The molecule has 0 spiro atoms. The van der Waals surface area contributed by atoms with Crippen LogP contribution < -0.4 is 5.30 Å². The van der Waals surface area contributed by atoms with Gasteiger partial charge in [-0.15, -0.1) is 0 Å². The summed E-state index contributed by atoms with van der Waals surface area (Å²) in [6, 6.07) is 11.8. The highest BCUT2D eigenvalue weighted by Crippen LogP contribution is 2.59. The van der Waals surface area contributed by atoms with Crippen LogP contribution in [0.15, 0.2) is 30.3 Å². The first-order valence-electron chi connectivity index (χ1n) is 14.2. The van der Waals surface area contributed by atoms with E-state index in [9.17, 15) is 0 Å². The molecule has 0 nitrogen and oxygen atoms in total. The van der Waals surface area contributed by atoms with E-state index >= 15 is 0 Å². The maximum atomic E-state index is 2.50. The molecule has 0 fully saturated rings. The molecule has 1 rings (SSSR count). The van der Waals surface area contributed by atoms with Crippen molar-refractivity contribution in [1.82, 2.24) is 0 Å². The van der Waals surface area contributed by atoms with Crippen molar-refractivity contribution in [3.05, 3.63) is 30.3 Å². The average molecular weight is 448 g/mol. The molecule has 0 saturated carbocycles. The maximum absolute atomic E-state index is 2.50. The van der Waals surface area contributed by atoms with Crippen molar-refractivity contribution in [2.24, 2.45) is 0 Å². The molecule has 0 aromatic heterocycles. The summed E-state index contributed by atoms with van der Waals surface area (Å²) in [5, 5.41) is 1.76. The average Bonchev–Trinajstić information content (AvgIpc) is 2.80. The van der Waals surface area contributed by atoms with Gasteiger partial charge in [-0.2, -0.15) is 0 Å². The van der Waals surface area contributed by atoms with Crippen LogP contribution in [0.2, 0.25) is 0 Å². The maximum Gasteiger partial charge on any atom is 0.0939 e. The lowest BCUT2D eigenvalue weighted by Gasteiger charge is -2.28. The largest absolute Gasteiger partial charge is 0.0939 e. The van der Waals surface area contributed by atoms with Crippen molar-refractivity contribution >= 4 is 12.6 Å². The van der Waals surface area contributed by atoms with Crippen molar-refractivity contribution < 1.29 is 0 Å². The molecule has 0 saturated heterocycles. The fourth-order valence-corrected chi connectivity index (χ4v) is 9.79. The summed E-state index contributed by atoms with van der Waals surface area (Å²) in [6.07, 6.45) is 30.4. The zero-order valence-electron chi connectivity index (χ0n) is 21.7. The first-order chi connectivity index (χ1) is 15.3. The minimum atomic E-state index is -1.02. The highest BCUT2D eigenvalue weighted by molar-refractivity contribution is 7.82. The van der Waals surface area contributed by atoms with Gasteiger partial charge in [-0.25, -0.2) is 0 Å². The lowest BCUT2D eigenvalue weighted by molar-refractivity contribution is 0.616. The minimum Gasteiger partial charge on any atom is -0.0654 e. The molecule has 1 aromatic carbocycles. The summed E-state index contributed by atoms with van der Waals surface area (Å²) in [5.41, 5.74) is 0. The fraction of sp³-hybridized carbons (Fsp3) is 0.800. The van der Waals surface area contributed by atoms with Crippen LogP contribution in [0.4, 0.5) is 0 Å². The van der Waals surface area contributed by atoms with Gasteiger partial charge < -0.3 is 0 Å². The van der Waals surface area contributed by atoms with Crippen LogP contribution in [-0.2, 0) is 0 Å². The third-order valence-electron chi connectivity index (χ3n) is 7.12. The van der Waals surface area contributed by atoms with Gasteiger partial charge in [-0.05, 0) is 50.7 Å². The van der Waals surface area contributed by atoms with E-state index in [1.165, 1.54) is 134 Å². The van der Waals surface area contributed by atoms with Crippen LogP contribution >= 0.6 is 7.26 Å².